The fraction of sp³-hybridized carbons (Fsp3) is 0.263. The third kappa shape index (κ3) is 3.22. The molecule has 146 valence electrons. The number of aryl methyl sites for hydroxylation is 1. The van der Waals surface area contributed by atoms with Gasteiger partial charge >= 0.3 is 5.69 Å². The maximum absolute atomic E-state index is 12.7. The molecular weight excluding hydrogens is 360 g/mol. The quantitative estimate of drug-likeness (QED) is 0.396. The summed E-state index contributed by atoms with van der Waals surface area (Å²) >= 11 is 0. The lowest BCUT2D eigenvalue weighted by molar-refractivity contribution is 0.474. The summed E-state index contributed by atoms with van der Waals surface area (Å²) in [6.45, 7) is 7.80. The number of nitrogens with zero attached hydrogens (tertiary/aromatic N) is 5. The second-order valence-electron chi connectivity index (χ2n) is 6.68. The lowest BCUT2D eigenvalue weighted by Crippen LogP contribution is -2.37. The van der Waals surface area contributed by atoms with E-state index in [9.17, 15) is 14.7 Å². The Morgan fingerprint density at radius 1 is 1.21 bits per heavy atom. The molecule has 0 aliphatic heterocycles. The van der Waals surface area contributed by atoms with E-state index in [-0.39, 0.29) is 16.9 Å². The molecule has 1 aromatic carbocycles. The highest BCUT2D eigenvalue weighted by Crippen LogP contribution is 2.19. The summed E-state index contributed by atoms with van der Waals surface area (Å²) < 4.78 is 4.00. The van der Waals surface area contributed by atoms with Gasteiger partial charge in [0.25, 0.3) is 5.56 Å². The summed E-state index contributed by atoms with van der Waals surface area (Å²) in [6.07, 6.45) is 0. The van der Waals surface area contributed by atoms with Gasteiger partial charge in [-0.25, -0.2) is 10.2 Å². The van der Waals surface area contributed by atoms with Crippen LogP contribution in [0.2, 0.25) is 0 Å². The third-order valence-corrected chi connectivity index (χ3v) is 4.39. The second kappa shape index (κ2) is 7.18. The Hall–Kier alpha value is -3.62. The van der Waals surface area contributed by atoms with Gasteiger partial charge in [-0.3, -0.25) is 18.5 Å². The van der Waals surface area contributed by atoms with E-state index in [0.29, 0.717) is 23.8 Å². The van der Waals surface area contributed by atoms with Crippen molar-refractivity contribution < 1.29 is 5.11 Å². The molecule has 3 rings (SSSR count). The van der Waals surface area contributed by atoms with Crippen LogP contribution in [-0.2, 0) is 20.6 Å². The monoisotopic (exact) mass is 382 g/mol. The number of anilines is 1. The summed E-state index contributed by atoms with van der Waals surface area (Å²) in [5.41, 5.74) is 4.40. The number of benzene rings is 1. The number of aromatic hydroxyl groups is 1. The number of hydrogen-bond acceptors (Lipinski definition) is 6. The summed E-state index contributed by atoms with van der Waals surface area (Å²) in [5.74, 6) is 0.406. The van der Waals surface area contributed by atoms with E-state index in [4.69, 9.17) is 0 Å². The highest BCUT2D eigenvalue weighted by atomic mass is 16.3. The Morgan fingerprint density at radius 3 is 2.54 bits per heavy atom. The Balaban J connectivity index is 2.17. The largest absolute Gasteiger partial charge is 0.507 e. The first kappa shape index (κ1) is 19.2. The fourth-order valence-electron chi connectivity index (χ4n) is 2.93. The minimum atomic E-state index is -0.460. The topological polar surface area (TPSA) is 106 Å². The van der Waals surface area contributed by atoms with E-state index in [1.807, 2.05) is 6.92 Å². The Kier molecular flexibility index (Phi) is 4.91. The number of aromatic nitrogens is 4. The number of rotatable bonds is 5. The zero-order chi connectivity index (χ0) is 20.6. The van der Waals surface area contributed by atoms with Crippen molar-refractivity contribution in [3.63, 3.8) is 0 Å². The number of nitrogens with one attached hydrogen (secondary N) is 1. The van der Waals surface area contributed by atoms with Gasteiger partial charge in [-0.05, 0) is 26.0 Å². The average molecular weight is 382 g/mol. The number of para-hydroxylation sites is 1. The van der Waals surface area contributed by atoms with Crippen molar-refractivity contribution in [2.24, 2.45) is 19.2 Å². The molecule has 9 heteroatoms. The van der Waals surface area contributed by atoms with Crippen LogP contribution in [0.5, 0.6) is 5.75 Å². The number of imidazole rings is 1. The summed E-state index contributed by atoms with van der Waals surface area (Å²) in [4.78, 5) is 29.3. The Bertz CT molecular complexity index is 1230. The molecule has 2 aromatic heterocycles. The highest BCUT2D eigenvalue weighted by molar-refractivity contribution is 6.01. The van der Waals surface area contributed by atoms with Crippen LogP contribution in [0.4, 0.5) is 5.95 Å². The van der Waals surface area contributed by atoms with E-state index >= 15 is 0 Å². The van der Waals surface area contributed by atoms with Gasteiger partial charge < -0.3 is 5.11 Å². The standard InChI is InChI=1S/C19H22N6O3/c1-11(2)10-25-15-16(23(4)19(28)24(5)17(15)27)20-18(25)22-21-12(3)13-8-6-7-9-14(13)26/h6-9,26H,1,10H2,2-5H3,(H,20,22)/b21-12+. The number of hydrogen-bond donors (Lipinski definition) is 2. The Morgan fingerprint density at radius 2 is 1.89 bits per heavy atom. The van der Waals surface area contributed by atoms with Crippen LogP contribution in [-0.4, -0.2) is 29.5 Å². The number of allylic oxidation sites excluding steroid dienone is 1. The Labute approximate surface area is 160 Å². The van der Waals surface area contributed by atoms with Crippen LogP contribution >= 0.6 is 0 Å². The molecule has 0 unspecified atom stereocenters. The summed E-state index contributed by atoms with van der Waals surface area (Å²) in [5, 5.41) is 14.3. The molecule has 0 bridgehead atoms. The maximum atomic E-state index is 12.7. The van der Waals surface area contributed by atoms with Gasteiger partial charge in [0.05, 0.1) is 5.71 Å². The molecule has 0 saturated heterocycles. The first-order valence-corrected chi connectivity index (χ1v) is 8.61. The smallest absolute Gasteiger partial charge is 0.332 e. The van der Waals surface area contributed by atoms with E-state index in [0.717, 1.165) is 10.1 Å². The molecule has 0 spiro atoms. The fourth-order valence-corrected chi connectivity index (χ4v) is 2.93. The van der Waals surface area contributed by atoms with Crippen molar-refractivity contribution in [2.45, 2.75) is 20.4 Å². The first-order valence-electron chi connectivity index (χ1n) is 8.61. The van der Waals surface area contributed by atoms with Crippen LogP contribution in [0.15, 0.2) is 51.1 Å². The first-order chi connectivity index (χ1) is 13.2. The van der Waals surface area contributed by atoms with Gasteiger partial charge in [-0.2, -0.15) is 10.1 Å². The molecule has 2 N–H and O–H groups in total. The second-order valence-corrected chi connectivity index (χ2v) is 6.68. The van der Waals surface area contributed by atoms with Gasteiger partial charge in [0.2, 0.25) is 5.95 Å². The molecule has 0 amide bonds. The molecule has 0 atom stereocenters. The van der Waals surface area contributed by atoms with Crippen molar-refractivity contribution in [1.29, 1.82) is 0 Å². The van der Waals surface area contributed by atoms with Crippen LogP contribution < -0.4 is 16.7 Å². The number of hydrazone groups is 1. The molecule has 0 radical (unpaired) electrons. The number of fused-ring (bicyclic) bond motifs is 1. The number of phenolic OH excluding ortho intramolecular Hbond substituents is 1. The molecule has 28 heavy (non-hydrogen) atoms. The molecular formula is C19H22N6O3. The predicted molar refractivity (Wildman–Crippen MR) is 109 cm³/mol. The molecule has 0 aliphatic rings. The molecule has 2 heterocycles. The normalized spacial score (nSPS) is 11.8. The lowest BCUT2D eigenvalue weighted by atomic mass is 10.1. The zero-order valence-corrected chi connectivity index (χ0v) is 16.2. The molecule has 9 nitrogen and oxygen atoms in total. The third-order valence-electron chi connectivity index (χ3n) is 4.39. The van der Waals surface area contributed by atoms with Crippen LogP contribution in [0.1, 0.15) is 19.4 Å². The van der Waals surface area contributed by atoms with Crippen LogP contribution in [0.3, 0.4) is 0 Å². The van der Waals surface area contributed by atoms with Gasteiger partial charge in [-0.15, -0.1) is 0 Å². The summed E-state index contributed by atoms with van der Waals surface area (Å²) in [7, 11) is 2.98. The number of phenols is 1. The van der Waals surface area contributed by atoms with Gasteiger partial charge in [0.1, 0.15) is 5.75 Å². The van der Waals surface area contributed by atoms with E-state index in [1.54, 1.807) is 42.8 Å². The van der Waals surface area contributed by atoms with E-state index < -0.39 is 11.2 Å². The van der Waals surface area contributed by atoms with Gasteiger partial charge in [-0.1, -0.05) is 24.3 Å². The minimum Gasteiger partial charge on any atom is -0.507 e. The lowest BCUT2D eigenvalue weighted by Gasteiger charge is -2.09. The zero-order valence-electron chi connectivity index (χ0n) is 16.2. The van der Waals surface area contributed by atoms with Gasteiger partial charge in [0.15, 0.2) is 11.2 Å². The summed E-state index contributed by atoms with van der Waals surface area (Å²) in [6, 6.07) is 6.84. The molecule has 0 fully saturated rings. The van der Waals surface area contributed by atoms with E-state index in [1.165, 1.54) is 11.6 Å². The maximum Gasteiger partial charge on any atom is 0.332 e. The molecule has 3 aromatic rings. The van der Waals surface area contributed by atoms with Crippen molar-refractivity contribution in [2.75, 3.05) is 5.43 Å². The minimum absolute atomic E-state index is 0.109. The van der Waals surface area contributed by atoms with E-state index in [2.05, 4.69) is 22.1 Å². The van der Waals surface area contributed by atoms with Crippen molar-refractivity contribution in [1.82, 2.24) is 18.7 Å². The highest BCUT2D eigenvalue weighted by Gasteiger charge is 2.19. The van der Waals surface area contributed by atoms with Crippen LogP contribution in [0, 0.1) is 0 Å². The van der Waals surface area contributed by atoms with Crippen molar-refractivity contribution >= 4 is 22.8 Å². The van der Waals surface area contributed by atoms with Crippen LogP contribution in [0.25, 0.3) is 11.2 Å². The molecule has 0 aliphatic carbocycles. The molecule has 0 saturated carbocycles. The van der Waals surface area contributed by atoms with Crippen molar-refractivity contribution in [3.05, 3.63) is 62.8 Å². The van der Waals surface area contributed by atoms with Gasteiger partial charge in [0, 0.05) is 26.2 Å². The SMILES string of the molecule is C=C(C)Cn1c(N/N=C(\C)c2ccccc2O)nc2c1c(=O)n(C)c(=O)n2C. The average Bonchev–Trinajstić information content (AvgIpc) is 3.01. The predicted octanol–water partition coefficient (Wildman–Crippen LogP) is 1.55. The van der Waals surface area contributed by atoms with Crippen molar-refractivity contribution in [3.8, 4) is 5.75 Å².